The molecule has 2 unspecified atom stereocenters. The molecule has 1 N–H and O–H groups in total. The van der Waals surface area contributed by atoms with Gasteiger partial charge < -0.3 is 14.8 Å². The molecule has 1 aromatic rings. The fraction of sp³-hybridized carbons (Fsp3) is 0.692. The van der Waals surface area contributed by atoms with E-state index < -0.39 is 0 Å². The summed E-state index contributed by atoms with van der Waals surface area (Å²) >= 11 is 7.82. The Morgan fingerprint density at radius 2 is 2.39 bits per heavy atom. The molecule has 1 aliphatic carbocycles. The van der Waals surface area contributed by atoms with Crippen LogP contribution in [-0.4, -0.2) is 33.5 Å². The molecule has 0 amide bonds. The standard InChI is InChI=1S/C13H20ClNO2S/c1-16-8-9(17-2)7-15-11-4-3-5-12-10(11)6-13(14)18-12/h6,9,11,15H,3-5,7-8H2,1-2H3. The zero-order valence-electron chi connectivity index (χ0n) is 10.9. The van der Waals surface area contributed by atoms with Gasteiger partial charge in [-0.2, -0.15) is 0 Å². The molecule has 2 atom stereocenters. The lowest BCUT2D eigenvalue weighted by Gasteiger charge is -2.25. The van der Waals surface area contributed by atoms with Crippen molar-refractivity contribution in [2.24, 2.45) is 0 Å². The summed E-state index contributed by atoms with van der Waals surface area (Å²) in [5, 5.41) is 3.57. The lowest BCUT2D eigenvalue weighted by Crippen LogP contribution is -2.35. The lowest BCUT2D eigenvalue weighted by atomic mass is 9.94. The normalized spacial score (nSPS) is 20.7. The average Bonchev–Trinajstić information content (AvgIpc) is 2.75. The fourth-order valence-electron chi connectivity index (χ4n) is 2.40. The molecule has 0 saturated heterocycles. The summed E-state index contributed by atoms with van der Waals surface area (Å²) in [6.07, 6.45) is 3.67. The number of hydrogen-bond acceptors (Lipinski definition) is 4. The van der Waals surface area contributed by atoms with E-state index in [9.17, 15) is 0 Å². The molecule has 1 heterocycles. The van der Waals surface area contributed by atoms with E-state index in [1.165, 1.54) is 23.3 Å². The number of halogens is 1. The van der Waals surface area contributed by atoms with Gasteiger partial charge in [0.2, 0.25) is 0 Å². The Balaban J connectivity index is 1.94. The topological polar surface area (TPSA) is 30.5 Å². The van der Waals surface area contributed by atoms with Crippen molar-refractivity contribution in [2.45, 2.75) is 31.4 Å². The molecule has 18 heavy (non-hydrogen) atoms. The molecule has 0 saturated carbocycles. The van der Waals surface area contributed by atoms with Gasteiger partial charge in [-0.3, -0.25) is 0 Å². The van der Waals surface area contributed by atoms with Gasteiger partial charge in [0.05, 0.1) is 17.0 Å². The van der Waals surface area contributed by atoms with Crippen LogP contribution in [0, 0.1) is 0 Å². The van der Waals surface area contributed by atoms with Gasteiger partial charge in [0, 0.05) is 31.7 Å². The fourth-order valence-corrected chi connectivity index (χ4v) is 3.79. The van der Waals surface area contributed by atoms with Crippen molar-refractivity contribution in [3.63, 3.8) is 0 Å². The average molecular weight is 290 g/mol. The van der Waals surface area contributed by atoms with Crippen LogP contribution in [0.3, 0.4) is 0 Å². The van der Waals surface area contributed by atoms with Gasteiger partial charge >= 0.3 is 0 Å². The van der Waals surface area contributed by atoms with E-state index >= 15 is 0 Å². The molecule has 0 radical (unpaired) electrons. The number of methoxy groups -OCH3 is 2. The molecular formula is C13H20ClNO2S. The van der Waals surface area contributed by atoms with Crippen molar-refractivity contribution in [1.29, 1.82) is 0 Å². The summed E-state index contributed by atoms with van der Waals surface area (Å²) in [7, 11) is 3.42. The van der Waals surface area contributed by atoms with Crippen molar-refractivity contribution in [1.82, 2.24) is 5.32 Å². The first-order valence-electron chi connectivity index (χ1n) is 6.27. The lowest BCUT2D eigenvalue weighted by molar-refractivity contribution is 0.0270. The van der Waals surface area contributed by atoms with Crippen LogP contribution in [0.2, 0.25) is 4.34 Å². The molecule has 0 aliphatic heterocycles. The van der Waals surface area contributed by atoms with Crippen LogP contribution in [0.4, 0.5) is 0 Å². The highest BCUT2D eigenvalue weighted by atomic mass is 35.5. The van der Waals surface area contributed by atoms with Crippen LogP contribution < -0.4 is 5.32 Å². The van der Waals surface area contributed by atoms with Gasteiger partial charge in [-0.05, 0) is 30.9 Å². The minimum absolute atomic E-state index is 0.106. The molecule has 0 bridgehead atoms. The third kappa shape index (κ3) is 3.45. The molecular weight excluding hydrogens is 270 g/mol. The third-order valence-corrected chi connectivity index (χ3v) is 4.70. The molecule has 2 rings (SSSR count). The Labute approximate surface area is 117 Å². The Kier molecular flexibility index (Phi) is 5.45. The largest absolute Gasteiger partial charge is 0.382 e. The first-order valence-corrected chi connectivity index (χ1v) is 7.47. The van der Waals surface area contributed by atoms with Gasteiger partial charge in [-0.15, -0.1) is 11.3 Å². The summed E-state index contributed by atoms with van der Waals surface area (Å²) in [5.74, 6) is 0. The van der Waals surface area contributed by atoms with Crippen molar-refractivity contribution in [3.8, 4) is 0 Å². The van der Waals surface area contributed by atoms with Crippen molar-refractivity contribution in [2.75, 3.05) is 27.4 Å². The third-order valence-electron chi connectivity index (χ3n) is 3.36. The number of rotatable bonds is 6. The number of fused-ring (bicyclic) bond motifs is 1. The van der Waals surface area contributed by atoms with E-state index in [4.69, 9.17) is 21.1 Å². The second-order valence-corrected chi connectivity index (χ2v) is 6.36. The summed E-state index contributed by atoms with van der Waals surface area (Å²) in [6.45, 7) is 1.43. The zero-order chi connectivity index (χ0) is 13.0. The van der Waals surface area contributed by atoms with E-state index in [1.54, 1.807) is 25.6 Å². The van der Waals surface area contributed by atoms with E-state index in [0.717, 1.165) is 17.3 Å². The van der Waals surface area contributed by atoms with E-state index in [2.05, 4.69) is 11.4 Å². The number of hydrogen-bond donors (Lipinski definition) is 1. The maximum atomic E-state index is 6.10. The Hall–Kier alpha value is -0.130. The molecule has 5 heteroatoms. The predicted molar refractivity (Wildman–Crippen MR) is 75.7 cm³/mol. The summed E-state index contributed by atoms with van der Waals surface area (Å²) in [6, 6.07) is 2.52. The molecule has 102 valence electrons. The van der Waals surface area contributed by atoms with Crippen molar-refractivity contribution in [3.05, 3.63) is 20.8 Å². The molecule has 1 aromatic heterocycles. The quantitative estimate of drug-likeness (QED) is 0.873. The minimum Gasteiger partial charge on any atom is -0.382 e. The first kappa shape index (κ1) is 14.3. The number of aryl methyl sites for hydroxylation is 1. The van der Waals surface area contributed by atoms with E-state index in [-0.39, 0.29) is 6.10 Å². The van der Waals surface area contributed by atoms with Gasteiger partial charge in [-0.1, -0.05) is 11.6 Å². The molecule has 1 aliphatic rings. The number of nitrogens with one attached hydrogen (secondary N) is 1. The number of ether oxygens (including phenoxy) is 2. The summed E-state index contributed by atoms with van der Waals surface area (Å²) < 4.78 is 11.4. The Morgan fingerprint density at radius 1 is 1.56 bits per heavy atom. The van der Waals surface area contributed by atoms with Crippen molar-refractivity contribution < 1.29 is 9.47 Å². The second-order valence-electron chi connectivity index (χ2n) is 4.60. The SMILES string of the molecule is COCC(CNC1CCCc2sc(Cl)cc21)OC. The van der Waals surface area contributed by atoms with Crippen LogP contribution in [0.1, 0.15) is 29.3 Å². The van der Waals surface area contributed by atoms with Crippen LogP contribution >= 0.6 is 22.9 Å². The smallest absolute Gasteiger partial charge is 0.0934 e. The Morgan fingerprint density at radius 3 is 3.11 bits per heavy atom. The summed E-state index contributed by atoms with van der Waals surface area (Å²) in [4.78, 5) is 1.43. The van der Waals surface area contributed by atoms with Crippen LogP contribution in [-0.2, 0) is 15.9 Å². The zero-order valence-corrected chi connectivity index (χ0v) is 12.4. The maximum Gasteiger partial charge on any atom is 0.0934 e. The van der Waals surface area contributed by atoms with Gasteiger partial charge in [0.1, 0.15) is 0 Å². The molecule has 0 fully saturated rings. The van der Waals surface area contributed by atoms with Crippen LogP contribution in [0.25, 0.3) is 0 Å². The Bertz CT molecular complexity index is 383. The molecule has 3 nitrogen and oxygen atoms in total. The second kappa shape index (κ2) is 6.87. The molecule has 0 aromatic carbocycles. The van der Waals surface area contributed by atoms with Gasteiger partial charge in [0.15, 0.2) is 0 Å². The van der Waals surface area contributed by atoms with Gasteiger partial charge in [0.25, 0.3) is 0 Å². The van der Waals surface area contributed by atoms with Crippen LogP contribution in [0.5, 0.6) is 0 Å². The van der Waals surface area contributed by atoms with Gasteiger partial charge in [-0.25, -0.2) is 0 Å². The van der Waals surface area contributed by atoms with Crippen LogP contribution in [0.15, 0.2) is 6.07 Å². The predicted octanol–water partition coefficient (Wildman–Crippen LogP) is 3.03. The first-order chi connectivity index (χ1) is 8.74. The minimum atomic E-state index is 0.106. The highest BCUT2D eigenvalue weighted by molar-refractivity contribution is 7.16. The summed E-state index contributed by atoms with van der Waals surface area (Å²) in [5.41, 5.74) is 1.38. The molecule has 0 spiro atoms. The highest BCUT2D eigenvalue weighted by Gasteiger charge is 2.23. The maximum absolute atomic E-state index is 6.10. The van der Waals surface area contributed by atoms with E-state index in [1.807, 2.05) is 0 Å². The van der Waals surface area contributed by atoms with Crippen molar-refractivity contribution >= 4 is 22.9 Å². The number of thiophene rings is 1. The monoisotopic (exact) mass is 289 g/mol. The van der Waals surface area contributed by atoms with E-state index in [0.29, 0.717) is 12.6 Å². The highest BCUT2D eigenvalue weighted by Crippen LogP contribution is 2.37.